The molecular formula is C18H25IN4O2S. The molecule has 0 radical (unpaired) electrons. The third-order valence-corrected chi connectivity index (χ3v) is 3.97. The second kappa shape index (κ2) is 10.4. The zero-order valence-corrected chi connectivity index (χ0v) is 18.3. The van der Waals surface area contributed by atoms with Gasteiger partial charge in [0.15, 0.2) is 5.96 Å². The molecule has 0 heterocycles. The van der Waals surface area contributed by atoms with E-state index in [4.69, 9.17) is 0 Å². The van der Waals surface area contributed by atoms with Gasteiger partial charge in [-0.15, -0.1) is 24.0 Å². The summed E-state index contributed by atoms with van der Waals surface area (Å²) in [4.78, 5) is 6.52. The molecule has 142 valence electrons. The van der Waals surface area contributed by atoms with Crippen LogP contribution in [0.3, 0.4) is 0 Å². The zero-order valence-electron chi connectivity index (χ0n) is 15.1. The number of aliphatic imine (C=N–C) groups is 1. The fourth-order valence-corrected chi connectivity index (χ4v) is 2.80. The number of halogens is 1. The molecule has 2 aromatic rings. The highest BCUT2D eigenvalue weighted by molar-refractivity contribution is 14.0. The second-order valence-electron chi connectivity index (χ2n) is 5.95. The fourth-order valence-electron chi connectivity index (χ4n) is 2.25. The standard InChI is InChI=1S/C18H24N4O2S.HI/c1-22(2)18(19-13-15-8-5-4-6-9-15)20-14-16-10-7-11-17(12-16)21-25(3,23)24;/h4-12,21H,13-14H2,1-3H3,(H,19,20);1H. The highest BCUT2D eigenvalue weighted by atomic mass is 127. The Morgan fingerprint density at radius 2 is 1.69 bits per heavy atom. The van der Waals surface area contributed by atoms with Crippen LogP contribution in [0.5, 0.6) is 0 Å². The molecule has 0 aliphatic carbocycles. The average molecular weight is 488 g/mol. The van der Waals surface area contributed by atoms with Crippen LogP contribution in [0.4, 0.5) is 5.69 Å². The van der Waals surface area contributed by atoms with Crippen molar-refractivity contribution in [2.24, 2.45) is 4.99 Å². The molecule has 0 aliphatic heterocycles. The van der Waals surface area contributed by atoms with E-state index < -0.39 is 10.0 Å². The lowest BCUT2D eigenvalue weighted by Crippen LogP contribution is -2.36. The van der Waals surface area contributed by atoms with Crippen molar-refractivity contribution in [2.45, 2.75) is 13.1 Å². The summed E-state index contributed by atoms with van der Waals surface area (Å²) in [5.74, 6) is 0.769. The first kappa shape index (κ1) is 22.2. The van der Waals surface area contributed by atoms with Gasteiger partial charge in [-0.2, -0.15) is 0 Å². The SMILES string of the molecule is CN(C)C(=NCc1cccc(NS(C)(=O)=O)c1)NCc1ccccc1.I. The normalized spacial score (nSPS) is 11.4. The van der Waals surface area contributed by atoms with E-state index in [9.17, 15) is 8.42 Å². The largest absolute Gasteiger partial charge is 0.352 e. The lowest BCUT2D eigenvalue weighted by atomic mass is 10.2. The van der Waals surface area contributed by atoms with Crippen LogP contribution in [0.2, 0.25) is 0 Å². The zero-order chi connectivity index (χ0) is 18.3. The van der Waals surface area contributed by atoms with Crippen molar-refractivity contribution in [2.75, 3.05) is 25.1 Å². The van der Waals surface area contributed by atoms with Crippen LogP contribution in [0, 0.1) is 0 Å². The van der Waals surface area contributed by atoms with Crippen LogP contribution in [-0.2, 0) is 23.1 Å². The van der Waals surface area contributed by atoms with E-state index in [2.05, 4.69) is 27.2 Å². The second-order valence-corrected chi connectivity index (χ2v) is 7.70. The first-order valence-corrected chi connectivity index (χ1v) is 9.79. The molecule has 0 saturated heterocycles. The summed E-state index contributed by atoms with van der Waals surface area (Å²) < 4.78 is 25.1. The van der Waals surface area contributed by atoms with E-state index in [0.29, 0.717) is 18.8 Å². The molecule has 0 saturated carbocycles. The molecule has 0 fully saturated rings. The summed E-state index contributed by atoms with van der Waals surface area (Å²) >= 11 is 0. The molecule has 0 amide bonds. The van der Waals surface area contributed by atoms with Crippen molar-refractivity contribution in [3.05, 3.63) is 65.7 Å². The number of nitrogens with one attached hydrogen (secondary N) is 2. The van der Waals surface area contributed by atoms with Gasteiger partial charge in [0.25, 0.3) is 0 Å². The van der Waals surface area contributed by atoms with Crippen LogP contribution in [0.25, 0.3) is 0 Å². The third-order valence-electron chi connectivity index (χ3n) is 3.36. The van der Waals surface area contributed by atoms with Gasteiger partial charge in [-0.1, -0.05) is 42.5 Å². The van der Waals surface area contributed by atoms with E-state index in [1.807, 2.05) is 49.3 Å². The molecule has 2 aromatic carbocycles. The molecule has 0 aromatic heterocycles. The average Bonchev–Trinajstić information content (AvgIpc) is 2.54. The summed E-state index contributed by atoms with van der Waals surface area (Å²) in [7, 11) is 0.574. The maximum absolute atomic E-state index is 11.3. The Bertz CT molecular complexity index is 824. The molecule has 0 spiro atoms. The molecule has 6 nitrogen and oxygen atoms in total. The Morgan fingerprint density at radius 1 is 1.04 bits per heavy atom. The van der Waals surface area contributed by atoms with E-state index in [1.54, 1.807) is 12.1 Å². The van der Waals surface area contributed by atoms with E-state index in [1.165, 1.54) is 5.56 Å². The van der Waals surface area contributed by atoms with Crippen molar-refractivity contribution in [3.63, 3.8) is 0 Å². The Labute approximate surface area is 172 Å². The van der Waals surface area contributed by atoms with Crippen LogP contribution in [0.1, 0.15) is 11.1 Å². The van der Waals surface area contributed by atoms with Gasteiger partial charge >= 0.3 is 0 Å². The van der Waals surface area contributed by atoms with Crippen molar-refractivity contribution >= 4 is 45.6 Å². The summed E-state index contributed by atoms with van der Waals surface area (Å²) in [6, 6.07) is 17.3. The smallest absolute Gasteiger partial charge is 0.229 e. The molecule has 0 aliphatic rings. The Hall–Kier alpha value is -1.81. The maximum atomic E-state index is 11.3. The van der Waals surface area contributed by atoms with Crippen LogP contribution < -0.4 is 10.0 Å². The van der Waals surface area contributed by atoms with Gasteiger partial charge in [0.2, 0.25) is 10.0 Å². The quantitative estimate of drug-likeness (QED) is 0.373. The number of benzene rings is 2. The summed E-state index contributed by atoms with van der Waals surface area (Å²) in [6.45, 7) is 1.14. The Kier molecular flexibility index (Phi) is 8.86. The summed E-state index contributed by atoms with van der Waals surface area (Å²) in [5, 5.41) is 3.32. The first-order chi connectivity index (χ1) is 11.8. The fraction of sp³-hybridized carbons (Fsp3) is 0.278. The lowest BCUT2D eigenvalue weighted by molar-refractivity contribution is 0.578. The van der Waals surface area contributed by atoms with Crippen molar-refractivity contribution in [3.8, 4) is 0 Å². The van der Waals surface area contributed by atoms with E-state index in [-0.39, 0.29) is 24.0 Å². The number of guanidine groups is 1. The molecular weight excluding hydrogens is 463 g/mol. The number of hydrogen-bond donors (Lipinski definition) is 2. The van der Waals surface area contributed by atoms with Crippen molar-refractivity contribution in [1.82, 2.24) is 10.2 Å². The highest BCUT2D eigenvalue weighted by Crippen LogP contribution is 2.13. The summed E-state index contributed by atoms with van der Waals surface area (Å²) in [5.41, 5.74) is 2.64. The molecule has 2 rings (SSSR count). The Balaban J connectivity index is 0.00000338. The van der Waals surface area contributed by atoms with Gasteiger partial charge in [-0.05, 0) is 23.3 Å². The predicted octanol–water partition coefficient (Wildman–Crippen LogP) is 2.88. The van der Waals surface area contributed by atoms with Gasteiger partial charge in [-0.3, -0.25) is 4.72 Å². The monoisotopic (exact) mass is 488 g/mol. The van der Waals surface area contributed by atoms with Gasteiger partial charge in [0.05, 0.1) is 12.8 Å². The van der Waals surface area contributed by atoms with Crippen LogP contribution >= 0.6 is 24.0 Å². The van der Waals surface area contributed by atoms with Gasteiger partial charge < -0.3 is 10.2 Å². The number of rotatable bonds is 6. The minimum absolute atomic E-state index is 0. The molecule has 26 heavy (non-hydrogen) atoms. The highest BCUT2D eigenvalue weighted by Gasteiger charge is 2.04. The first-order valence-electron chi connectivity index (χ1n) is 7.90. The van der Waals surface area contributed by atoms with Gasteiger partial charge in [-0.25, -0.2) is 13.4 Å². The number of hydrogen-bond acceptors (Lipinski definition) is 3. The summed E-state index contributed by atoms with van der Waals surface area (Å²) in [6.07, 6.45) is 1.13. The maximum Gasteiger partial charge on any atom is 0.229 e. The molecule has 0 unspecified atom stereocenters. The third kappa shape index (κ3) is 8.05. The van der Waals surface area contributed by atoms with E-state index >= 15 is 0 Å². The van der Waals surface area contributed by atoms with Gasteiger partial charge in [0, 0.05) is 26.3 Å². The molecule has 0 atom stereocenters. The molecule has 8 heteroatoms. The number of sulfonamides is 1. The Morgan fingerprint density at radius 3 is 2.31 bits per heavy atom. The molecule has 2 N–H and O–H groups in total. The van der Waals surface area contributed by atoms with Crippen molar-refractivity contribution in [1.29, 1.82) is 0 Å². The van der Waals surface area contributed by atoms with Crippen LogP contribution in [-0.4, -0.2) is 39.6 Å². The topological polar surface area (TPSA) is 73.8 Å². The number of nitrogens with zero attached hydrogens (tertiary/aromatic N) is 2. The predicted molar refractivity (Wildman–Crippen MR) is 118 cm³/mol. The molecule has 0 bridgehead atoms. The minimum atomic E-state index is -3.28. The minimum Gasteiger partial charge on any atom is -0.352 e. The lowest BCUT2D eigenvalue weighted by Gasteiger charge is -2.18. The van der Waals surface area contributed by atoms with Gasteiger partial charge in [0.1, 0.15) is 0 Å². The van der Waals surface area contributed by atoms with Crippen molar-refractivity contribution < 1.29 is 8.42 Å². The number of anilines is 1. The van der Waals surface area contributed by atoms with Crippen LogP contribution in [0.15, 0.2) is 59.6 Å². The van der Waals surface area contributed by atoms with E-state index in [0.717, 1.165) is 17.8 Å².